The second kappa shape index (κ2) is 12.5. The molecule has 0 aliphatic carbocycles. The summed E-state index contributed by atoms with van der Waals surface area (Å²) in [6.45, 7) is 8.26. The molecule has 3 aromatic rings. The standard InChI is InChI=1S/C32H42N8O5/c1-19(2)45-30(41)22-16-33-31(36-29(22)39-18-32(4,5)28-24(39)12-11-20(3)34-28)35-23-14-26(40(42)43)25(15-27(23)44-8)38(7)17-21-10-9-13-37(21)6/h11-12,14-16,19,21H,9-10,13,17-18H2,1-8H3,(H,33,35,36)/t21-/m0/s1/i18D2. The van der Waals surface area contributed by atoms with Gasteiger partial charge in [-0.3, -0.25) is 15.1 Å². The van der Waals surface area contributed by atoms with E-state index in [1.54, 1.807) is 45.9 Å². The summed E-state index contributed by atoms with van der Waals surface area (Å²) in [6, 6.07) is 6.77. The van der Waals surface area contributed by atoms with Crippen LogP contribution in [0.3, 0.4) is 0 Å². The lowest BCUT2D eigenvalue weighted by Gasteiger charge is -2.27. The van der Waals surface area contributed by atoms with E-state index in [-0.39, 0.29) is 34.7 Å². The summed E-state index contributed by atoms with van der Waals surface area (Å²) in [7, 11) is 5.34. The maximum Gasteiger partial charge on any atom is 0.343 e. The van der Waals surface area contributed by atoms with Crippen molar-refractivity contribution in [1.82, 2.24) is 19.9 Å². The highest BCUT2D eigenvalue weighted by atomic mass is 16.6. The molecule has 0 spiro atoms. The first kappa shape index (κ1) is 29.2. The number of hydrogen-bond acceptors (Lipinski definition) is 12. The van der Waals surface area contributed by atoms with Gasteiger partial charge in [0.05, 0.1) is 37.9 Å². The highest BCUT2D eigenvalue weighted by molar-refractivity contribution is 5.96. The molecule has 0 radical (unpaired) electrons. The second-order valence-corrected chi connectivity index (χ2v) is 12.4. The lowest BCUT2D eigenvalue weighted by molar-refractivity contribution is -0.384. The van der Waals surface area contributed by atoms with Crippen LogP contribution < -0.4 is 19.9 Å². The van der Waals surface area contributed by atoms with Gasteiger partial charge >= 0.3 is 5.97 Å². The molecule has 1 saturated heterocycles. The molecule has 2 aromatic heterocycles. The third kappa shape index (κ3) is 6.48. The molecule has 1 atom stereocenters. The fourth-order valence-corrected chi connectivity index (χ4v) is 5.80. The molecule has 5 rings (SSSR count). The largest absolute Gasteiger partial charge is 0.494 e. The van der Waals surface area contributed by atoms with Crippen molar-refractivity contribution in [3.63, 3.8) is 0 Å². The Labute approximate surface area is 266 Å². The molecular weight excluding hydrogens is 576 g/mol. The Hall–Kier alpha value is -4.52. The lowest BCUT2D eigenvalue weighted by Crippen LogP contribution is -2.36. The van der Waals surface area contributed by atoms with Crippen LogP contribution in [0, 0.1) is 17.0 Å². The molecule has 4 heterocycles. The van der Waals surface area contributed by atoms with Crippen LogP contribution >= 0.6 is 0 Å². The number of anilines is 5. The topological polar surface area (TPSA) is 139 Å². The smallest absolute Gasteiger partial charge is 0.343 e. The number of likely N-dealkylation sites (N-methyl/N-ethyl adjacent to an activating group) is 2. The van der Waals surface area contributed by atoms with E-state index in [0.29, 0.717) is 29.4 Å². The van der Waals surface area contributed by atoms with E-state index in [1.807, 2.05) is 18.9 Å². The van der Waals surface area contributed by atoms with Gasteiger partial charge in [-0.1, -0.05) is 13.8 Å². The summed E-state index contributed by atoms with van der Waals surface area (Å²) in [5, 5.41) is 15.3. The van der Waals surface area contributed by atoms with Gasteiger partial charge in [-0.2, -0.15) is 4.98 Å². The molecule has 13 nitrogen and oxygen atoms in total. The minimum atomic E-state index is -2.08. The highest BCUT2D eigenvalue weighted by Gasteiger charge is 2.40. The molecule has 2 aliphatic rings. The number of methoxy groups -OCH3 is 1. The number of nitrogens with zero attached hydrogens (tertiary/aromatic N) is 7. The van der Waals surface area contributed by atoms with Crippen molar-refractivity contribution in [2.45, 2.75) is 65.0 Å². The third-order valence-corrected chi connectivity index (χ3v) is 8.09. The van der Waals surface area contributed by atoms with E-state index in [9.17, 15) is 17.7 Å². The zero-order chi connectivity index (χ0) is 34.4. The Bertz CT molecular complexity index is 1700. The number of likely N-dealkylation sites (tertiary alicyclic amines) is 1. The van der Waals surface area contributed by atoms with Crippen molar-refractivity contribution in [2.24, 2.45) is 0 Å². The number of nitro benzene ring substituents is 1. The number of carbonyl (C=O) groups excluding carboxylic acids is 1. The van der Waals surface area contributed by atoms with Gasteiger partial charge in [0.15, 0.2) is 5.82 Å². The summed E-state index contributed by atoms with van der Waals surface area (Å²) in [4.78, 5) is 44.3. The molecule has 45 heavy (non-hydrogen) atoms. The van der Waals surface area contributed by atoms with Gasteiger partial charge in [-0.05, 0) is 59.3 Å². The predicted molar refractivity (Wildman–Crippen MR) is 173 cm³/mol. The van der Waals surface area contributed by atoms with E-state index in [2.05, 4.69) is 32.2 Å². The zero-order valence-electron chi connectivity index (χ0n) is 29.0. The SMILES string of the molecule is [2H]C1([2H])N(c2nc(Nc3cc([N+](=O)[O-])c(N(C)C[C@@H]4CCCN4C)cc3OC)ncc2C(=O)OC(C)C)c2ccc(C)nc2C1(C)C. The minimum absolute atomic E-state index is 0.0375. The Morgan fingerprint density at radius 1 is 1.31 bits per heavy atom. The molecule has 1 aromatic carbocycles. The van der Waals surface area contributed by atoms with Crippen LogP contribution in [0.2, 0.25) is 0 Å². The zero-order valence-corrected chi connectivity index (χ0v) is 27.0. The normalized spacial score (nSPS) is 19.1. The average molecular weight is 621 g/mol. The molecule has 1 fully saturated rings. The van der Waals surface area contributed by atoms with Crippen LogP contribution in [0.4, 0.5) is 34.5 Å². The number of aryl methyl sites for hydroxylation is 1. The Morgan fingerprint density at radius 2 is 2.07 bits per heavy atom. The molecule has 0 unspecified atom stereocenters. The monoisotopic (exact) mass is 620 g/mol. The molecular formula is C32H42N8O5. The lowest BCUT2D eigenvalue weighted by atomic mass is 9.91. The number of ether oxygens (including phenoxy) is 2. The maximum atomic E-state index is 13.3. The number of carbonyl (C=O) groups is 1. The van der Waals surface area contributed by atoms with Gasteiger partial charge in [0.2, 0.25) is 5.95 Å². The van der Waals surface area contributed by atoms with Gasteiger partial charge in [0.25, 0.3) is 5.69 Å². The fourth-order valence-electron chi connectivity index (χ4n) is 5.80. The van der Waals surface area contributed by atoms with E-state index in [1.165, 1.54) is 24.3 Å². The molecule has 240 valence electrons. The first-order chi connectivity index (χ1) is 22.1. The number of nitrogens with one attached hydrogen (secondary N) is 1. The van der Waals surface area contributed by atoms with Crippen molar-refractivity contribution in [3.05, 3.63) is 57.5 Å². The van der Waals surface area contributed by atoms with Gasteiger partial charge in [-0.15, -0.1) is 0 Å². The van der Waals surface area contributed by atoms with Crippen LogP contribution in [0.1, 0.15) is 65.0 Å². The van der Waals surface area contributed by atoms with Crippen molar-refractivity contribution in [3.8, 4) is 5.75 Å². The van der Waals surface area contributed by atoms with Crippen LogP contribution in [-0.4, -0.2) is 83.7 Å². The summed E-state index contributed by atoms with van der Waals surface area (Å²) in [5.74, 6) is -0.490. The van der Waals surface area contributed by atoms with Crippen molar-refractivity contribution in [2.75, 3.05) is 55.9 Å². The number of hydrogen-bond donors (Lipinski definition) is 1. The number of fused-ring (bicyclic) bond motifs is 1. The number of aromatic nitrogens is 3. The van der Waals surface area contributed by atoms with E-state index < -0.39 is 28.9 Å². The number of rotatable bonds is 10. The van der Waals surface area contributed by atoms with Crippen molar-refractivity contribution < 1.29 is 21.9 Å². The van der Waals surface area contributed by atoms with Crippen LogP contribution in [0.15, 0.2) is 30.5 Å². The van der Waals surface area contributed by atoms with Gasteiger partial charge in [-0.25, -0.2) is 9.78 Å². The third-order valence-electron chi connectivity index (χ3n) is 8.09. The fraction of sp³-hybridized carbons (Fsp3) is 0.500. The van der Waals surface area contributed by atoms with Gasteiger partial charge in [0, 0.05) is 55.6 Å². The Kier molecular flexibility index (Phi) is 8.09. The quantitative estimate of drug-likeness (QED) is 0.177. The van der Waals surface area contributed by atoms with Crippen molar-refractivity contribution >= 4 is 40.5 Å². The summed E-state index contributed by atoms with van der Waals surface area (Å²) >= 11 is 0. The maximum absolute atomic E-state index is 13.3. The molecule has 13 heteroatoms. The first-order valence-corrected chi connectivity index (χ1v) is 15.0. The predicted octanol–water partition coefficient (Wildman–Crippen LogP) is 5.37. The molecule has 1 N–H and O–H groups in total. The first-order valence-electron chi connectivity index (χ1n) is 16.0. The minimum Gasteiger partial charge on any atom is -0.494 e. The van der Waals surface area contributed by atoms with E-state index in [4.69, 9.17) is 9.47 Å². The van der Waals surface area contributed by atoms with E-state index >= 15 is 0 Å². The van der Waals surface area contributed by atoms with Gasteiger partial charge < -0.3 is 29.5 Å². The van der Waals surface area contributed by atoms with Crippen LogP contribution in [0.5, 0.6) is 5.75 Å². The molecule has 0 saturated carbocycles. The number of pyridine rings is 1. The van der Waals surface area contributed by atoms with Crippen LogP contribution in [-0.2, 0) is 10.2 Å². The molecule has 2 aliphatic heterocycles. The summed E-state index contributed by atoms with van der Waals surface area (Å²) in [6.07, 6.45) is 2.90. The highest BCUT2D eigenvalue weighted by Crippen LogP contribution is 2.44. The van der Waals surface area contributed by atoms with Crippen molar-refractivity contribution in [1.29, 1.82) is 0 Å². The second-order valence-electron chi connectivity index (χ2n) is 12.4. The summed E-state index contributed by atoms with van der Waals surface area (Å²) < 4.78 is 29.6. The average Bonchev–Trinajstić information content (AvgIpc) is 3.46. The van der Waals surface area contributed by atoms with Gasteiger partial charge in [0.1, 0.15) is 17.0 Å². The Balaban J connectivity index is 1.60. The van der Waals surface area contributed by atoms with Crippen LogP contribution in [0.25, 0.3) is 0 Å². The number of nitro groups is 1. The molecule has 0 amide bonds. The Morgan fingerprint density at radius 3 is 2.71 bits per heavy atom. The number of esters is 1. The van der Waals surface area contributed by atoms with E-state index in [0.717, 1.165) is 25.1 Å². The summed E-state index contributed by atoms with van der Waals surface area (Å²) in [5.41, 5.74) is 1.02. The number of benzene rings is 1. The molecule has 0 bridgehead atoms.